The molecular formula is C20H16N9+. The van der Waals surface area contributed by atoms with E-state index in [0.29, 0.717) is 11.5 Å². The van der Waals surface area contributed by atoms with E-state index in [4.69, 9.17) is 4.98 Å². The molecule has 0 aliphatic rings. The lowest BCUT2D eigenvalue weighted by atomic mass is 10.2. The summed E-state index contributed by atoms with van der Waals surface area (Å²) in [6.07, 6.45) is 5.46. The number of imidazole rings is 2. The third-order valence-corrected chi connectivity index (χ3v) is 4.96. The molecule has 1 aromatic carbocycles. The molecule has 0 unspecified atom stereocenters. The van der Waals surface area contributed by atoms with E-state index in [1.165, 1.54) is 0 Å². The Morgan fingerprint density at radius 3 is 3.00 bits per heavy atom. The van der Waals surface area contributed by atoms with Gasteiger partial charge in [-0.3, -0.25) is 5.10 Å². The first-order chi connectivity index (χ1) is 14.3. The Labute approximate surface area is 163 Å². The highest BCUT2D eigenvalue weighted by molar-refractivity contribution is 5.95. The summed E-state index contributed by atoms with van der Waals surface area (Å²) in [5, 5.41) is 11.7. The number of benzene rings is 1. The van der Waals surface area contributed by atoms with Crippen LogP contribution in [0.5, 0.6) is 0 Å². The molecule has 0 radical (unpaired) electrons. The number of nitrogens with one attached hydrogen (secondary N) is 4. The molecule has 9 heteroatoms. The first kappa shape index (κ1) is 15.8. The van der Waals surface area contributed by atoms with Crippen LogP contribution in [0.4, 0.5) is 11.5 Å². The molecule has 0 saturated carbocycles. The maximum atomic E-state index is 4.74. The standard InChI is InChI=1S/C20H15N9/c1-11-24-16(17-19(25-11)22-10-21-17)18-20(27-15-7-2-3-8-29(15)18)26-13-5-4-6-14-12(13)9-23-28-14/h2-10H,1H3,(H3,21,22,23,24,25,26,28)/p+1. The molecule has 9 nitrogen and oxygen atoms in total. The number of pyridine rings is 1. The first-order valence-electron chi connectivity index (χ1n) is 9.17. The van der Waals surface area contributed by atoms with Crippen LogP contribution in [0.3, 0.4) is 0 Å². The lowest BCUT2D eigenvalue weighted by molar-refractivity contribution is -0.497. The Kier molecular flexibility index (Phi) is 3.19. The van der Waals surface area contributed by atoms with Crippen LogP contribution in [0.1, 0.15) is 5.82 Å². The first-order valence-corrected chi connectivity index (χ1v) is 9.17. The molecular weight excluding hydrogens is 366 g/mol. The van der Waals surface area contributed by atoms with Gasteiger partial charge in [0.05, 0.1) is 29.9 Å². The van der Waals surface area contributed by atoms with Crippen LogP contribution in [-0.4, -0.2) is 35.1 Å². The number of anilines is 2. The number of fused-ring (bicyclic) bond motifs is 3. The van der Waals surface area contributed by atoms with E-state index in [-0.39, 0.29) is 0 Å². The van der Waals surface area contributed by atoms with E-state index >= 15 is 0 Å². The minimum absolute atomic E-state index is 0.640. The lowest BCUT2D eigenvalue weighted by Crippen LogP contribution is -2.22. The Morgan fingerprint density at radius 2 is 2.03 bits per heavy atom. The van der Waals surface area contributed by atoms with Crippen LogP contribution in [-0.2, 0) is 0 Å². The maximum absolute atomic E-state index is 4.74. The van der Waals surface area contributed by atoms with Crippen molar-refractivity contribution in [3.63, 3.8) is 0 Å². The average molecular weight is 382 g/mol. The van der Waals surface area contributed by atoms with Gasteiger partial charge in [0.15, 0.2) is 5.65 Å². The van der Waals surface area contributed by atoms with Crippen molar-refractivity contribution in [3.8, 4) is 11.4 Å². The van der Waals surface area contributed by atoms with Crippen molar-refractivity contribution < 1.29 is 4.40 Å². The Balaban J connectivity index is 1.64. The van der Waals surface area contributed by atoms with Crippen molar-refractivity contribution in [3.05, 3.63) is 60.9 Å². The third-order valence-electron chi connectivity index (χ3n) is 4.96. The molecule has 0 bridgehead atoms. The van der Waals surface area contributed by atoms with Crippen LogP contribution in [0.15, 0.2) is 55.1 Å². The number of hydrogen-bond donors (Lipinski definition) is 4. The zero-order valence-corrected chi connectivity index (χ0v) is 15.4. The SMILES string of the molecule is Cc1nc(-c2c(Nc3cccc4[nH]ncc34)[nH]c3cccc[n+]23)c2[nH]cnc2n1. The highest BCUT2D eigenvalue weighted by Gasteiger charge is 2.26. The van der Waals surface area contributed by atoms with Gasteiger partial charge in [-0.1, -0.05) is 12.1 Å². The van der Waals surface area contributed by atoms with Gasteiger partial charge in [0.1, 0.15) is 17.0 Å². The van der Waals surface area contributed by atoms with Gasteiger partial charge in [-0.2, -0.15) is 9.50 Å². The summed E-state index contributed by atoms with van der Waals surface area (Å²) in [6, 6.07) is 12.0. The highest BCUT2D eigenvalue weighted by atomic mass is 15.1. The number of aromatic nitrogens is 8. The molecule has 29 heavy (non-hydrogen) atoms. The van der Waals surface area contributed by atoms with Crippen LogP contribution in [0, 0.1) is 6.92 Å². The summed E-state index contributed by atoms with van der Waals surface area (Å²) in [5.74, 6) is 1.48. The van der Waals surface area contributed by atoms with Crippen molar-refractivity contribution in [2.75, 3.05) is 5.32 Å². The van der Waals surface area contributed by atoms with Gasteiger partial charge in [0.2, 0.25) is 11.5 Å². The quantitative estimate of drug-likeness (QED) is 0.351. The average Bonchev–Trinajstić information content (AvgIpc) is 3.45. The van der Waals surface area contributed by atoms with Crippen molar-refractivity contribution in [1.82, 2.24) is 35.1 Å². The van der Waals surface area contributed by atoms with E-state index in [9.17, 15) is 0 Å². The zero-order chi connectivity index (χ0) is 19.4. The van der Waals surface area contributed by atoms with Crippen molar-refractivity contribution in [2.24, 2.45) is 0 Å². The Morgan fingerprint density at radius 1 is 1.07 bits per heavy atom. The number of aromatic amines is 3. The molecule has 5 heterocycles. The molecule has 6 aromatic rings. The number of aryl methyl sites for hydroxylation is 1. The van der Waals surface area contributed by atoms with E-state index in [1.807, 2.05) is 55.7 Å². The topological polar surface area (TPSA) is 115 Å². The van der Waals surface area contributed by atoms with Gasteiger partial charge in [0, 0.05) is 11.5 Å². The van der Waals surface area contributed by atoms with Crippen molar-refractivity contribution in [2.45, 2.75) is 6.92 Å². The van der Waals surface area contributed by atoms with Crippen molar-refractivity contribution >= 4 is 39.2 Å². The van der Waals surface area contributed by atoms with Gasteiger partial charge in [-0.05, 0) is 25.1 Å². The predicted molar refractivity (Wildman–Crippen MR) is 109 cm³/mol. The molecule has 0 aliphatic carbocycles. The zero-order valence-electron chi connectivity index (χ0n) is 15.4. The van der Waals surface area contributed by atoms with Gasteiger partial charge >= 0.3 is 0 Å². The largest absolute Gasteiger partial charge is 0.341 e. The molecule has 6 rings (SSSR count). The van der Waals surface area contributed by atoms with Crippen LogP contribution < -0.4 is 9.72 Å². The number of H-pyrrole nitrogens is 3. The molecule has 0 amide bonds. The summed E-state index contributed by atoms with van der Waals surface area (Å²) in [6.45, 7) is 1.87. The van der Waals surface area contributed by atoms with Crippen LogP contribution in [0.2, 0.25) is 0 Å². The molecule has 0 saturated heterocycles. The molecule has 4 N–H and O–H groups in total. The monoisotopic (exact) mass is 382 g/mol. The second-order valence-electron chi connectivity index (χ2n) is 6.79. The van der Waals surface area contributed by atoms with E-state index in [0.717, 1.165) is 45.0 Å². The van der Waals surface area contributed by atoms with E-state index in [2.05, 4.69) is 39.9 Å². The fourth-order valence-electron chi connectivity index (χ4n) is 3.70. The van der Waals surface area contributed by atoms with Crippen LogP contribution >= 0.6 is 0 Å². The third kappa shape index (κ3) is 2.37. The van der Waals surface area contributed by atoms with E-state index in [1.54, 1.807) is 6.33 Å². The summed E-state index contributed by atoms with van der Waals surface area (Å²) in [7, 11) is 0. The summed E-state index contributed by atoms with van der Waals surface area (Å²) >= 11 is 0. The molecule has 0 spiro atoms. The van der Waals surface area contributed by atoms with E-state index < -0.39 is 0 Å². The summed E-state index contributed by atoms with van der Waals surface area (Å²) in [4.78, 5) is 20.1. The summed E-state index contributed by atoms with van der Waals surface area (Å²) < 4.78 is 2.07. The van der Waals surface area contributed by atoms with Gasteiger partial charge in [-0.25, -0.2) is 19.9 Å². The molecule has 0 fully saturated rings. The predicted octanol–water partition coefficient (Wildman–Crippen LogP) is 3.02. The Bertz CT molecular complexity index is 1500. The molecule has 5 aromatic heterocycles. The number of hydrogen-bond acceptors (Lipinski definition) is 5. The second kappa shape index (κ2) is 5.86. The smallest absolute Gasteiger partial charge is 0.286 e. The minimum Gasteiger partial charge on any atom is -0.341 e. The fourth-order valence-corrected chi connectivity index (χ4v) is 3.70. The molecule has 140 valence electrons. The van der Waals surface area contributed by atoms with Gasteiger partial charge in [-0.15, -0.1) is 0 Å². The maximum Gasteiger partial charge on any atom is 0.286 e. The fraction of sp³-hybridized carbons (Fsp3) is 0.0500. The van der Waals surface area contributed by atoms with Crippen LogP contribution in [0.25, 0.3) is 39.1 Å². The molecule has 0 atom stereocenters. The number of nitrogens with zero attached hydrogens (tertiary/aromatic N) is 5. The normalized spacial score (nSPS) is 11.6. The lowest BCUT2D eigenvalue weighted by Gasteiger charge is -2.06. The Hall–Kier alpha value is -4.27. The van der Waals surface area contributed by atoms with Gasteiger partial charge in [0.25, 0.3) is 5.65 Å². The highest BCUT2D eigenvalue weighted by Crippen LogP contribution is 2.31. The van der Waals surface area contributed by atoms with Crippen molar-refractivity contribution in [1.29, 1.82) is 0 Å². The second-order valence-corrected chi connectivity index (χ2v) is 6.79. The molecule has 0 aliphatic heterocycles. The summed E-state index contributed by atoms with van der Waals surface area (Å²) in [5.41, 5.74) is 5.94. The minimum atomic E-state index is 0.640. The number of rotatable bonds is 3. The van der Waals surface area contributed by atoms with Gasteiger partial charge < -0.3 is 10.3 Å².